The molecule has 2 saturated heterocycles. The maximum atomic E-state index is 8.71. The van der Waals surface area contributed by atoms with Crippen molar-refractivity contribution in [2.24, 2.45) is 0 Å². The van der Waals surface area contributed by atoms with Gasteiger partial charge in [-0.2, -0.15) is 0 Å². The maximum Gasteiger partial charge on any atom is 0.135 e. The first-order valence-corrected chi connectivity index (χ1v) is 14.0. The van der Waals surface area contributed by atoms with Gasteiger partial charge in [-0.15, -0.1) is 0 Å². The van der Waals surface area contributed by atoms with Crippen molar-refractivity contribution in [1.82, 2.24) is 31.1 Å². The molecule has 0 radical (unpaired) electrons. The summed E-state index contributed by atoms with van der Waals surface area (Å²) in [6, 6.07) is 19.7. The summed E-state index contributed by atoms with van der Waals surface area (Å²) < 4.78 is 6.36. The fraction of sp³-hybridized carbons (Fsp3) is 0.400. The molecule has 9 heteroatoms. The average molecular weight is 529 g/mol. The van der Waals surface area contributed by atoms with Crippen molar-refractivity contribution >= 4 is 11.7 Å². The molecular weight excluding hydrogens is 488 g/mol. The van der Waals surface area contributed by atoms with E-state index in [0.29, 0.717) is 23.2 Å². The first-order valence-electron chi connectivity index (χ1n) is 14.0. The molecule has 0 bridgehead atoms. The second-order valence-corrected chi connectivity index (χ2v) is 10.0. The first-order chi connectivity index (χ1) is 19.2. The van der Waals surface area contributed by atoms with Crippen molar-refractivity contribution in [3.05, 3.63) is 71.8 Å². The first kappa shape index (κ1) is 27.1. The molecule has 2 aliphatic rings. The lowest BCUT2D eigenvalue weighted by Crippen LogP contribution is -2.46. The van der Waals surface area contributed by atoms with Crippen molar-refractivity contribution < 1.29 is 4.42 Å². The zero-order valence-electron chi connectivity index (χ0n) is 22.6. The van der Waals surface area contributed by atoms with Crippen LogP contribution in [0.2, 0.25) is 0 Å². The van der Waals surface area contributed by atoms with Gasteiger partial charge in [0.15, 0.2) is 0 Å². The summed E-state index contributed by atoms with van der Waals surface area (Å²) in [6.07, 6.45) is 0. The third-order valence-electron chi connectivity index (χ3n) is 7.41. The average Bonchev–Trinajstić information content (AvgIpc) is 3.48. The Labute approximate surface area is 231 Å². The van der Waals surface area contributed by atoms with Gasteiger partial charge in [-0.05, 0) is 12.1 Å². The number of furan rings is 1. The summed E-state index contributed by atoms with van der Waals surface area (Å²) in [5, 5.41) is 30.8. The smallest absolute Gasteiger partial charge is 0.135 e. The minimum absolute atomic E-state index is 0.398. The van der Waals surface area contributed by atoms with Crippen molar-refractivity contribution in [3.8, 4) is 22.6 Å². The molecule has 206 valence electrons. The molecule has 1 aromatic heterocycles. The molecule has 39 heavy (non-hydrogen) atoms. The van der Waals surface area contributed by atoms with Crippen LogP contribution in [0.3, 0.4) is 0 Å². The van der Waals surface area contributed by atoms with E-state index in [2.05, 4.69) is 31.1 Å². The maximum absolute atomic E-state index is 8.71. The van der Waals surface area contributed by atoms with Crippen molar-refractivity contribution in [3.63, 3.8) is 0 Å². The third kappa shape index (κ3) is 7.13. The van der Waals surface area contributed by atoms with Crippen LogP contribution in [0.4, 0.5) is 0 Å². The molecule has 2 fully saturated rings. The predicted octanol–water partition coefficient (Wildman–Crippen LogP) is 2.25. The molecule has 3 heterocycles. The van der Waals surface area contributed by atoms with Crippen LogP contribution in [0, 0.1) is 10.8 Å². The quantitative estimate of drug-likeness (QED) is 0.177. The van der Waals surface area contributed by atoms with Crippen LogP contribution >= 0.6 is 0 Å². The highest BCUT2D eigenvalue weighted by molar-refractivity contribution is 6.03. The number of amidine groups is 2. The molecule has 0 saturated carbocycles. The van der Waals surface area contributed by atoms with Gasteiger partial charge in [0.1, 0.15) is 23.2 Å². The van der Waals surface area contributed by atoms with Gasteiger partial charge >= 0.3 is 0 Å². The van der Waals surface area contributed by atoms with E-state index in [-0.39, 0.29) is 0 Å². The molecule has 5 rings (SSSR count). The Hall–Kier alpha value is -3.50. The lowest BCUT2D eigenvalue weighted by molar-refractivity contribution is 0.245. The topological polar surface area (TPSA) is 115 Å². The second kappa shape index (κ2) is 13.5. The van der Waals surface area contributed by atoms with Crippen molar-refractivity contribution in [2.45, 2.75) is 0 Å². The minimum Gasteiger partial charge on any atom is -0.456 e. The van der Waals surface area contributed by atoms with E-state index in [4.69, 9.17) is 15.2 Å². The van der Waals surface area contributed by atoms with E-state index in [1.807, 2.05) is 60.7 Å². The van der Waals surface area contributed by atoms with Gasteiger partial charge in [0.2, 0.25) is 0 Å². The standard InChI is InChI=1S/C30H40N8O/c31-29(35-15-21-37-17-11-33-12-18-37)25-7-3-1-5-23(25)27-9-10-28(39-27)24-6-2-4-8-26(24)30(32)36-16-22-38-19-13-34-14-20-38/h1-10,33-34H,11-22H2,(H2,31,35)(H2,32,36). The van der Waals surface area contributed by atoms with Crippen LogP contribution in [-0.2, 0) is 0 Å². The molecule has 0 amide bonds. The van der Waals surface area contributed by atoms with E-state index in [1.54, 1.807) is 0 Å². The van der Waals surface area contributed by atoms with E-state index in [9.17, 15) is 0 Å². The molecule has 0 unspecified atom stereocenters. The van der Waals surface area contributed by atoms with Crippen LogP contribution in [-0.4, -0.2) is 100 Å². The minimum atomic E-state index is 0.398. The van der Waals surface area contributed by atoms with Crippen LogP contribution in [0.5, 0.6) is 0 Å². The van der Waals surface area contributed by atoms with Crippen LogP contribution in [0.1, 0.15) is 11.1 Å². The summed E-state index contributed by atoms with van der Waals surface area (Å²) in [7, 11) is 0. The number of piperazine rings is 2. The SMILES string of the molecule is N=C(NCCN1CCNCC1)c1ccccc1-c1ccc(-c2ccccc2C(=N)NCCN2CCNCC2)o1. The number of rotatable bonds is 10. The van der Waals surface area contributed by atoms with Gasteiger partial charge in [0.05, 0.1) is 0 Å². The summed E-state index contributed by atoms with van der Waals surface area (Å²) in [5.41, 5.74) is 3.39. The number of benzene rings is 2. The molecule has 2 aliphatic heterocycles. The summed E-state index contributed by atoms with van der Waals surface area (Å²) in [5.74, 6) is 2.22. The second-order valence-electron chi connectivity index (χ2n) is 10.0. The Balaban J connectivity index is 1.25. The monoisotopic (exact) mass is 528 g/mol. The predicted molar refractivity (Wildman–Crippen MR) is 158 cm³/mol. The van der Waals surface area contributed by atoms with Gasteiger partial charge in [-0.1, -0.05) is 48.5 Å². The molecule has 9 nitrogen and oxygen atoms in total. The Morgan fingerprint density at radius 1 is 0.641 bits per heavy atom. The lowest BCUT2D eigenvalue weighted by Gasteiger charge is -2.27. The Bertz CT molecular complexity index is 1150. The van der Waals surface area contributed by atoms with E-state index in [0.717, 1.165) is 101 Å². The van der Waals surface area contributed by atoms with Gasteiger partial charge in [-0.25, -0.2) is 0 Å². The molecule has 2 aromatic carbocycles. The van der Waals surface area contributed by atoms with Crippen LogP contribution in [0.25, 0.3) is 22.6 Å². The molecule has 0 atom stereocenters. The molecule has 0 aliphatic carbocycles. The highest BCUT2D eigenvalue weighted by atomic mass is 16.3. The number of nitrogens with zero attached hydrogens (tertiary/aromatic N) is 2. The Morgan fingerprint density at radius 2 is 1.05 bits per heavy atom. The zero-order valence-corrected chi connectivity index (χ0v) is 22.6. The third-order valence-corrected chi connectivity index (χ3v) is 7.41. The van der Waals surface area contributed by atoms with Gasteiger partial charge in [0.25, 0.3) is 0 Å². The fourth-order valence-electron chi connectivity index (χ4n) is 5.20. The summed E-state index contributed by atoms with van der Waals surface area (Å²) in [6.45, 7) is 11.6. The lowest BCUT2D eigenvalue weighted by atomic mass is 10.0. The largest absolute Gasteiger partial charge is 0.456 e. The van der Waals surface area contributed by atoms with E-state index >= 15 is 0 Å². The van der Waals surface area contributed by atoms with Crippen molar-refractivity contribution in [2.75, 3.05) is 78.5 Å². The molecule has 0 spiro atoms. The van der Waals surface area contributed by atoms with Gasteiger partial charge in [-0.3, -0.25) is 20.6 Å². The summed E-state index contributed by atoms with van der Waals surface area (Å²) >= 11 is 0. The van der Waals surface area contributed by atoms with Gasteiger partial charge < -0.3 is 25.7 Å². The molecule has 3 aromatic rings. The fourth-order valence-corrected chi connectivity index (χ4v) is 5.20. The van der Waals surface area contributed by atoms with Crippen LogP contribution < -0.4 is 21.3 Å². The Kier molecular flexibility index (Phi) is 9.39. The van der Waals surface area contributed by atoms with E-state index in [1.165, 1.54) is 0 Å². The zero-order chi connectivity index (χ0) is 26.9. The molecule has 6 N–H and O–H groups in total. The number of hydrogen-bond donors (Lipinski definition) is 6. The van der Waals surface area contributed by atoms with Gasteiger partial charge in [0, 0.05) is 101 Å². The highest BCUT2D eigenvalue weighted by Crippen LogP contribution is 2.32. The number of hydrogen-bond acceptors (Lipinski definition) is 7. The van der Waals surface area contributed by atoms with Crippen LogP contribution in [0.15, 0.2) is 65.1 Å². The number of nitrogens with one attached hydrogen (secondary N) is 6. The Morgan fingerprint density at radius 3 is 1.49 bits per heavy atom. The van der Waals surface area contributed by atoms with E-state index < -0.39 is 0 Å². The summed E-state index contributed by atoms with van der Waals surface area (Å²) in [4.78, 5) is 4.83. The molecular formula is C30H40N8O. The highest BCUT2D eigenvalue weighted by Gasteiger charge is 2.17. The normalized spacial score (nSPS) is 16.6. The van der Waals surface area contributed by atoms with Crippen molar-refractivity contribution in [1.29, 1.82) is 10.8 Å².